The first-order chi connectivity index (χ1) is 31.7. The van der Waals surface area contributed by atoms with Gasteiger partial charge in [-0.15, -0.1) is 0 Å². The molecule has 376 valence electrons. The van der Waals surface area contributed by atoms with Crippen molar-refractivity contribution in [3.63, 3.8) is 0 Å². The number of carbonyl (C=O) groups is 6. The molecule has 0 aromatic rings. The highest BCUT2D eigenvalue weighted by atomic mass is 16.5. The van der Waals surface area contributed by atoms with Crippen LogP contribution in [0.3, 0.4) is 0 Å². The molecule has 9 nitrogen and oxygen atoms in total. The Labute approximate surface area is 401 Å². The fourth-order valence-corrected chi connectivity index (χ4v) is 10.4. The Bertz CT molecular complexity index is 1510. The summed E-state index contributed by atoms with van der Waals surface area (Å²) in [7, 11) is 2.79. The zero-order chi connectivity index (χ0) is 49.1. The van der Waals surface area contributed by atoms with E-state index < -0.39 is 5.97 Å². The highest BCUT2D eigenvalue weighted by Gasteiger charge is 2.40. The fraction of sp³-hybridized carbons (Fsp3) is 0.754. The van der Waals surface area contributed by atoms with Gasteiger partial charge in [0.05, 0.1) is 14.2 Å². The Morgan fingerprint density at radius 1 is 0.515 bits per heavy atom. The second-order valence-electron chi connectivity index (χ2n) is 19.6. The monoisotopic (exact) mass is 923 g/mol. The van der Waals surface area contributed by atoms with Crippen molar-refractivity contribution in [3.8, 4) is 0 Å². The number of ketones is 3. The Morgan fingerprint density at radius 3 is 1.35 bits per heavy atom. The van der Waals surface area contributed by atoms with Gasteiger partial charge in [0, 0.05) is 55.9 Å². The maximum Gasteiger partial charge on any atom is 0.330 e. The van der Waals surface area contributed by atoms with E-state index in [1.54, 1.807) is 6.08 Å². The summed E-state index contributed by atoms with van der Waals surface area (Å²) in [6, 6.07) is 0. The molecule has 3 fully saturated rings. The van der Waals surface area contributed by atoms with Crippen LogP contribution in [0.15, 0.2) is 48.6 Å². The molecule has 9 atom stereocenters. The molecular formula is C57H94O9. The SMILES string of the molecule is CCCCCCCC[C@H]1C(C)CC(=O)[C@@H]1C/C=C\C/C=C/C(=O)OC.CCCC[C@H]1C(C)CC(=O)[C@@H]1C/C=C\CCCC(=O)O.CCCC[C@H]1C(C)CC(=O)[C@@H]1C/C=C\CCCC(=O)OC. The first-order valence-electron chi connectivity index (χ1n) is 26.3. The standard InChI is InChI=1S/C22H36O3.C18H30O3.C17H28O3/c1-4-5-6-7-8-11-14-19-18(2)17-21(23)20(19)15-12-9-10-13-16-22(24)25-3;1-4-5-10-15-14(2)13-17(19)16(15)11-8-6-7-9-12-18(20)21-3;1-3-4-9-14-13(2)12-16(18)15(14)10-7-5-6-8-11-17(19)20/h9,12-13,16,18-20H,4-8,10-11,14-15,17H2,1-3H3;6,8,14-16H,4-5,7,9-13H2,1-3H3;5,7,13-15H,3-4,6,8-12H2,1-2H3,(H,19,20)/b12-9-,16-13+;8-6-;7-5-/t18?,19-,20+;14?,15-,16+;13?,14-,15+/m000/s1. The van der Waals surface area contributed by atoms with Gasteiger partial charge in [-0.3, -0.25) is 24.0 Å². The lowest BCUT2D eigenvalue weighted by Gasteiger charge is -2.20. The van der Waals surface area contributed by atoms with E-state index in [-0.39, 0.29) is 36.1 Å². The summed E-state index contributed by atoms with van der Waals surface area (Å²) in [5, 5.41) is 8.55. The van der Waals surface area contributed by atoms with E-state index in [4.69, 9.17) is 5.11 Å². The molecule has 0 heterocycles. The van der Waals surface area contributed by atoms with Crippen LogP contribution >= 0.6 is 0 Å². The number of carbonyl (C=O) groups excluding carboxylic acids is 5. The van der Waals surface area contributed by atoms with Crippen LogP contribution in [-0.4, -0.2) is 54.6 Å². The van der Waals surface area contributed by atoms with Crippen molar-refractivity contribution >= 4 is 35.3 Å². The average Bonchev–Trinajstić information content (AvgIpc) is 3.84. The number of allylic oxidation sites excluding steroid dienone is 7. The van der Waals surface area contributed by atoms with Crippen molar-refractivity contribution in [3.05, 3.63) is 48.6 Å². The molecule has 0 saturated heterocycles. The van der Waals surface area contributed by atoms with Crippen molar-refractivity contribution in [2.24, 2.45) is 53.3 Å². The number of Topliss-reactive ketones (excluding diaryl/α,β-unsaturated/α-hetero) is 3. The molecule has 3 unspecified atom stereocenters. The molecule has 3 saturated carbocycles. The van der Waals surface area contributed by atoms with Crippen LogP contribution in [0, 0.1) is 53.3 Å². The third kappa shape index (κ3) is 25.5. The van der Waals surface area contributed by atoms with Gasteiger partial charge in [-0.1, -0.05) is 148 Å². The zero-order valence-electron chi connectivity index (χ0n) is 42.9. The summed E-state index contributed by atoms with van der Waals surface area (Å²) in [4.78, 5) is 68.8. The number of hydrogen-bond donors (Lipinski definition) is 1. The lowest BCUT2D eigenvalue weighted by molar-refractivity contribution is -0.141. The molecule has 0 aliphatic heterocycles. The van der Waals surface area contributed by atoms with Gasteiger partial charge in [-0.2, -0.15) is 0 Å². The number of methoxy groups -OCH3 is 2. The first-order valence-corrected chi connectivity index (χ1v) is 26.3. The maximum atomic E-state index is 12.3. The fourth-order valence-electron chi connectivity index (χ4n) is 10.4. The minimum Gasteiger partial charge on any atom is -0.481 e. The van der Waals surface area contributed by atoms with Gasteiger partial charge in [0.15, 0.2) is 0 Å². The van der Waals surface area contributed by atoms with Crippen LogP contribution in [0.25, 0.3) is 0 Å². The normalized spacial score (nSPS) is 25.2. The first kappa shape index (κ1) is 60.4. The maximum absolute atomic E-state index is 12.3. The highest BCUT2D eigenvalue weighted by molar-refractivity contribution is 5.85. The predicted molar refractivity (Wildman–Crippen MR) is 269 cm³/mol. The zero-order valence-corrected chi connectivity index (χ0v) is 42.9. The molecule has 3 aliphatic rings. The molecule has 66 heavy (non-hydrogen) atoms. The molecule has 0 amide bonds. The van der Waals surface area contributed by atoms with E-state index in [1.165, 1.54) is 104 Å². The van der Waals surface area contributed by atoms with Gasteiger partial charge >= 0.3 is 17.9 Å². The molecule has 9 heteroatoms. The van der Waals surface area contributed by atoms with E-state index in [0.29, 0.717) is 72.1 Å². The average molecular weight is 923 g/mol. The highest BCUT2D eigenvalue weighted by Crippen LogP contribution is 2.42. The molecule has 0 bridgehead atoms. The third-order valence-electron chi connectivity index (χ3n) is 14.4. The molecule has 0 radical (unpaired) electrons. The summed E-state index contributed by atoms with van der Waals surface area (Å²) in [5.41, 5.74) is 0. The van der Waals surface area contributed by atoms with E-state index in [2.05, 4.69) is 75.3 Å². The molecule has 0 aromatic carbocycles. The summed E-state index contributed by atoms with van der Waals surface area (Å²) < 4.78 is 9.16. The summed E-state index contributed by atoms with van der Waals surface area (Å²) in [5.74, 6) is 3.99. The Hall–Kier alpha value is -3.62. The topological polar surface area (TPSA) is 141 Å². The summed E-state index contributed by atoms with van der Waals surface area (Å²) in [6.45, 7) is 13.3. The summed E-state index contributed by atoms with van der Waals surface area (Å²) in [6.07, 6.45) is 41.4. The Morgan fingerprint density at radius 2 is 0.924 bits per heavy atom. The number of hydrogen-bond acceptors (Lipinski definition) is 8. The largest absolute Gasteiger partial charge is 0.481 e. The molecular weight excluding hydrogens is 829 g/mol. The molecule has 3 aliphatic carbocycles. The lowest BCUT2D eigenvalue weighted by Crippen LogP contribution is -2.16. The quantitative estimate of drug-likeness (QED) is 0.0322. The third-order valence-corrected chi connectivity index (χ3v) is 14.4. The number of aliphatic carboxylic acids is 1. The molecule has 1 N–H and O–H groups in total. The number of esters is 2. The number of rotatable bonds is 30. The van der Waals surface area contributed by atoms with E-state index in [0.717, 1.165) is 57.8 Å². The van der Waals surface area contributed by atoms with Crippen molar-refractivity contribution in [2.75, 3.05) is 14.2 Å². The van der Waals surface area contributed by atoms with Crippen LogP contribution in [-0.2, 0) is 38.2 Å². The number of unbranched alkanes of at least 4 members (excludes halogenated alkanes) is 9. The smallest absolute Gasteiger partial charge is 0.330 e. The van der Waals surface area contributed by atoms with Gasteiger partial charge in [-0.05, 0) is 106 Å². The minimum atomic E-state index is -0.738. The number of carboxylic acids is 1. The van der Waals surface area contributed by atoms with E-state index in [9.17, 15) is 28.8 Å². The van der Waals surface area contributed by atoms with Gasteiger partial charge in [0.2, 0.25) is 0 Å². The van der Waals surface area contributed by atoms with Crippen molar-refractivity contribution in [1.29, 1.82) is 0 Å². The summed E-state index contributed by atoms with van der Waals surface area (Å²) >= 11 is 0. The van der Waals surface area contributed by atoms with Gasteiger partial charge in [-0.25, -0.2) is 4.79 Å². The van der Waals surface area contributed by atoms with Crippen LogP contribution in [0.4, 0.5) is 0 Å². The van der Waals surface area contributed by atoms with Crippen molar-refractivity contribution in [1.82, 2.24) is 0 Å². The molecule has 0 aromatic heterocycles. The second kappa shape index (κ2) is 37.4. The van der Waals surface area contributed by atoms with Gasteiger partial charge < -0.3 is 14.6 Å². The van der Waals surface area contributed by atoms with Crippen LogP contribution in [0.2, 0.25) is 0 Å². The van der Waals surface area contributed by atoms with Gasteiger partial charge in [0.1, 0.15) is 17.3 Å². The lowest BCUT2D eigenvalue weighted by atomic mass is 9.83. The van der Waals surface area contributed by atoms with Gasteiger partial charge in [0.25, 0.3) is 0 Å². The Balaban J connectivity index is 0.000000499. The van der Waals surface area contributed by atoms with Crippen LogP contribution in [0.1, 0.15) is 208 Å². The molecule has 0 spiro atoms. The van der Waals surface area contributed by atoms with Crippen LogP contribution in [0.5, 0.6) is 0 Å². The second-order valence-corrected chi connectivity index (χ2v) is 19.6. The number of ether oxygens (including phenoxy) is 2. The van der Waals surface area contributed by atoms with Crippen molar-refractivity contribution in [2.45, 2.75) is 208 Å². The Kier molecular flexibility index (Phi) is 34.2. The van der Waals surface area contributed by atoms with Crippen LogP contribution < -0.4 is 0 Å². The van der Waals surface area contributed by atoms with Crippen molar-refractivity contribution < 1.29 is 43.3 Å². The van der Waals surface area contributed by atoms with E-state index >= 15 is 0 Å². The minimum absolute atomic E-state index is 0.150. The molecule has 3 rings (SSSR count). The van der Waals surface area contributed by atoms with E-state index in [1.807, 2.05) is 12.2 Å². The number of carboxylic acid groups (broad SMARTS) is 1. The predicted octanol–water partition coefficient (Wildman–Crippen LogP) is 14.2.